The molecule has 0 saturated heterocycles. The highest BCUT2D eigenvalue weighted by Gasteiger charge is 2.19. The van der Waals surface area contributed by atoms with E-state index in [-0.39, 0.29) is 11.9 Å². The van der Waals surface area contributed by atoms with Gasteiger partial charge in [0.25, 0.3) is 5.91 Å². The molecule has 0 spiro atoms. The highest BCUT2D eigenvalue weighted by atomic mass is 79.9. The molecule has 0 aromatic carbocycles. The highest BCUT2D eigenvalue weighted by Crippen LogP contribution is 2.23. The maximum Gasteiger partial charge on any atom is 0.265 e. The number of alkyl halides is 1. The van der Waals surface area contributed by atoms with Crippen LogP contribution in [0.15, 0.2) is 11.4 Å². The zero-order chi connectivity index (χ0) is 10.7. The lowest BCUT2D eigenvalue weighted by molar-refractivity contribution is 0.0763. The van der Waals surface area contributed by atoms with Gasteiger partial charge >= 0.3 is 0 Å². The smallest absolute Gasteiger partial charge is 0.265 e. The molecule has 1 heterocycles. The molecule has 0 bridgehead atoms. The summed E-state index contributed by atoms with van der Waals surface area (Å²) in [5, 5.41) is 3.12. The van der Waals surface area contributed by atoms with E-state index < -0.39 is 0 Å². The van der Waals surface area contributed by atoms with Crippen molar-refractivity contribution in [1.29, 1.82) is 0 Å². The number of carbonyl (C=O) groups excluding carboxylic acids is 1. The van der Waals surface area contributed by atoms with Crippen LogP contribution in [-0.4, -0.2) is 29.2 Å². The molecule has 5 heteroatoms. The van der Waals surface area contributed by atoms with Crippen molar-refractivity contribution in [1.82, 2.24) is 4.90 Å². The Morgan fingerprint density at radius 3 is 2.86 bits per heavy atom. The van der Waals surface area contributed by atoms with E-state index >= 15 is 0 Å². The van der Waals surface area contributed by atoms with Crippen LogP contribution in [0.3, 0.4) is 0 Å². The van der Waals surface area contributed by atoms with Gasteiger partial charge in [0.05, 0.1) is 5.02 Å². The van der Waals surface area contributed by atoms with Gasteiger partial charge < -0.3 is 4.90 Å². The van der Waals surface area contributed by atoms with Crippen LogP contribution in [0.2, 0.25) is 5.02 Å². The van der Waals surface area contributed by atoms with Gasteiger partial charge in [0.2, 0.25) is 0 Å². The summed E-state index contributed by atoms with van der Waals surface area (Å²) in [4.78, 5) is 14.2. The summed E-state index contributed by atoms with van der Waals surface area (Å²) >= 11 is 10.6. The molecule has 2 nitrogen and oxygen atoms in total. The van der Waals surface area contributed by atoms with Gasteiger partial charge in [0.15, 0.2) is 0 Å². The number of amides is 1. The van der Waals surface area contributed by atoms with E-state index in [2.05, 4.69) is 15.9 Å². The molecule has 1 unspecified atom stereocenters. The summed E-state index contributed by atoms with van der Waals surface area (Å²) in [6.45, 7) is 1.98. The molecule has 14 heavy (non-hydrogen) atoms. The fourth-order valence-corrected chi connectivity index (χ4v) is 2.46. The number of rotatable bonds is 3. The van der Waals surface area contributed by atoms with Crippen molar-refractivity contribution in [3.63, 3.8) is 0 Å². The van der Waals surface area contributed by atoms with Crippen molar-refractivity contribution in [3.05, 3.63) is 21.3 Å². The third kappa shape index (κ3) is 2.49. The predicted octanol–water partition coefficient (Wildman–Crippen LogP) is 3.26. The average molecular weight is 297 g/mol. The first-order valence-electron chi connectivity index (χ1n) is 4.14. The van der Waals surface area contributed by atoms with E-state index in [0.29, 0.717) is 9.90 Å². The highest BCUT2D eigenvalue weighted by molar-refractivity contribution is 9.09. The molecule has 0 saturated carbocycles. The Morgan fingerprint density at radius 2 is 2.43 bits per heavy atom. The lowest BCUT2D eigenvalue weighted by atomic mass is 10.3. The lowest BCUT2D eigenvalue weighted by Crippen LogP contribution is -2.35. The van der Waals surface area contributed by atoms with Gasteiger partial charge in [0, 0.05) is 18.4 Å². The molecular weight excluding hydrogens is 286 g/mol. The Labute approximate surface area is 101 Å². The molecule has 1 amide bonds. The quantitative estimate of drug-likeness (QED) is 0.784. The third-order valence-electron chi connectivity index (χ3n) is 2.02. The van der Waals surface area contributed by atoms with Gasteiger partial charge in [-0.3, -0.25) is 4.79 Å². The van der Waals surface area contributed by atoms with Crippen LogP contribution in [0, 0.1) is 0 Å². The van der Waals surface area contributed by atoms with E-state index in [4.69, 9.17) is 11.6 Å². The fourth-order valence-electron chi connectivity index (χ4n) is 0.910. The van der Waals surface area contributed by atoms with Crippen LogP contribution in [0.5, 0.6) is 0 Å². The molecule has 0 N–H and O–H groups in total. The molecule has 0 aliphatic rings. The molecule has 1 rings (SSSR count). The Bertz CT molecular complexity index is 328. The van der Waals surface area contributed by atoms with Crippen LogP contribution < -0.4 is 0 Å². The minimum absolute atomic E-state index is 0.0167. The van der Waals surface area contributed by atoms with Crippen molar-refractivity contribution >= 4 is 44.8 Å². The van der Waals surface area contributed by atoms with Crippen molar-refractivity contribution in [3.8, 4) is 0 Å². The summed E-state index contributed by atoms with van der Waals surface area (Å²) < 4.78 is 0. The molecule has 1 aromatic rings. The second-order valence-corrected chi connectivity index (χ2v) is 4.99. The Morgan fingerprint density at radius 1 is 1.79 bits per heavy atom. The zero-order valence-corrected chi connectivity index (χ0v) is 11.1. The molecule has 1 aromatic heterocycles. The number of hydrogen-bond acceptors (Lipinski definition) is 2. The van der Waals surface area contributed by atoms with E-state index in [1.165, 1.54) is 11.3 Å². The summed E-state index contributed by atoms with van der Waals surface area (Å²) in [5.41, 5.74) is 0. The third-order valence-corrected chi connectivity index (χ3v) is 4.28. The van der Waals surface area contributed by atoms with Gasteiger partial charge in [-0.05, 0) is 18.4 Å². The van der Waals surface area contributed by atoms with Crippen molar-refractivity contribution in [2.45, 2.75) is 13.0 Å². The first kappa shape index (κ1) is 12.0. The van der Waals surface area contributed by atoms with Crippen molar-refractivity contribution in [2.75, 3.05) is 12.4 Å². The molecule has 0 aliphatic heterocycles. The summed E-state index contributed by atoms with van der Waals surface area (Å²) in [6, 6.07) is 1.91. The lowest BCUT2D eigenvalue weighted by Gasteiger charge is -2.22. The second kappa shape index (κ2) is 5.14. The van der Waals surface area contributed by atoms with Crippen LogP contribution in [0.4, 0.5) is 0 Å². The Kier molecular flexibility index (Phi) is 4.41. The van der Waals surface area contributed by atoms with Crippen LogP contribution in [0.1, 0.15) is 16.6 Å². The predicted molar refractivity (Wildman–Crippen MR) is 64.7 cm³/mol. The van der Waals surface area contributed by atoms with Gasteiger partial charge in [-0.15, -0.1) is 11.3 Å². The molecule has 0 aliphatic carbocycles. The minimum Gasteiger partial charge on any atom is -0.337 e. The summed E-state index contributed by atoms with van der Waals surface area (Å²) in [5.74, 6) is -0.0167. The second-order valence-electron chi connectivity index (χ2n) is 3.02. The molecule has 78 valence electrons. The van der Waals surface area contributed by atoms with Crippen molar-refractivity contribution in [2.24, 2.45) is 0 Å². The maximum absolute atomic E-state index is 11.9. The SMILES string of the molecule is CC(CBr)N(C)C(=O)c1sccc1Cl. The van der Waals surface area contributed by atoms with Crippen LogP contribution >= 0.6 is 38.9 Å². The summed E-state index contributed by atoms with van der Waals surface area (Å²) in [7, 11) is 1.78. The van der Waals surface area contributed by atoms with Crippen LogP contribution in [-0.2, 0) is 0 Å². The standard InChI is InChI=1S/C9H11BrClNOS/c1-6(5-10)12(2)9(13)8-7(11)3-4-14-8/h3-4,6H,5H2,1-2H3. The normalized spacial score (nSPS) is 12.6. The van der Waals surface area contributed by atoms with Gasteiger partial charge in [-0.25, -0.2) is 0 Å². The van der Waals surface area contributed by atoms with E-state index in [1.807, 2.05) is 12.3 Å². The van der Waals surface area contributed by atoms with E-state index in [1.54, 1.807) is 18.0 Å². The topological polar surface area (TPSA) is 20.3 Å². The van der Waals surface area contributed by atoms with Gasteiger partial charge in [0.1, 0.15) is 4.88 Å². The first-order chi connectivity index (χ1) is 6.57. The largest absolute Gasteiger partial charge is 0.337 e. The monoisotopic (exact) mass is 295 g/mol. The molecule has 0 radical (unpaired) electrons. The number of carbonyl (C=O) groups is 1. The Hall–Kier alpha value is -0.0600. The van der Waals surface area contributed by atoms with Gasteiger partial charge in [-0.2, -0.15) is 0 Å². The first-order valence-corrected chi connectivity index (χ1v) is 6.52. The number of nitrogens with zero attached hydrogens (tertiary/aromatic N) is 1. The minimum atomic E-state index is -0.0167. The maximum atomic E-state index is 11.9. The van der Waals surface area contributed by atoms with Crippen LogP contribution in [0.25, 0.3) is 0 Å². The zero-order valence-electron chi connectivity index (χ0n) is 7.96. The summed E-state index contributed by atoms with van der Waals surface area (Å²) in [6.07, 6.45) is 0. The number of hydrogen-bond donors (Lipinski definition) is 0. The Balaban J connectivity index is 2.81. The fraction of sp³-hybridized carbons (Fsp3) is 0.444. The van der Waals surface area contributed by atoms with E-state index in [0.717, 1.165) is 5.33 Å². The average Bonchev–Trinajstić information content (AvgIpc) is 2.61. The number of thiophene rings is 1. The van der Waals surface area contributed by atoms with Crippen molar-refractivity contribution < 1.29 is 4.79 Å². The molecular formula is C9H11BrClNOS. The molecule has 1 atom stereocenters. The number of halogens is 2. The van der Waals surface area contributed by atoms with E-state index in [9.17, 15) is 4.79 Å². The molecule has 0 fully saturated rings. The van der Waals surface area contributed by atoms with Gasteiger partial charge in [-0.1, -0.05) is 27.5 Å².